The van der Waals surface area contributed by atoms with Crippen molar-refractivity contribution >= 4 is 29.9 Å². The first kappa shape index (κ1) is 24.2. The third-order valence-corrected chi connectivity index (χ3v) is 4.38. The van der Waals surface area contributed by atoms with Crippen LogP contribution in [0.5, 0.6) is 5.75 Å². The molecular weight excluding hydrogens is 390 g/mol. The van der Waals surface area contributed by atoms with Crippen LogP contribution in [0.4, 0.5) is 5.69 Å². The maximum absolute atomic E-state index is 12.9. The molecule has 0 atom stereocenters. The summed E-state index contributed by atoms with van der Waals surface area (Å²) in [6.45, 7) is 8.09. The van der Waals surface area contributed by atoms with Crippen LogP contribution in [0.25, 0.3) is 0 Å². The largest absolute Gasteiger partial charge is 0.489 e. The number of hydrogen-bond acceptors (Lipinski definition) is 4. The monoisotopic (exact) mass is 417 g/mol. The minimum atomic E-state index is -0.372. The molecule has 3 N–H and O–H groups in total. The van der Waals surface area contributed by atoms with E-state index in [1.54, 1.807) is 11.0 Å². The minimum Gasteiger partial charge on any atom is -0.489 e. The molecule has 2 aromatic carbocycles. The van der Waals surface area contributed by atoms with Gasteiger partial charge in [-0.2, -0.15) is 0 Å². The van der Waals surface area contributed by atoms with Crippen LogP contribution in [0.3, 0.4) is 0 Å². The zero-order valence-electron chi connectivity index (χ0n) is 16.8. The number of carbonyl (C=O) groups is 2. The molecule has 0 saturated carbocycles. The minimum absolute atomic E-state index is 0. The third kappa shape index (κ3) is 6.93. The lowest BCUT2D eigenvalue weighted by Crippen LogP contribution is -2.41. The van der Waals surface area contributed by atoms with E-state index in [4.69, 9.17) is 10.5 Å². The number of nitrogens with one attached hydrogen (secondary N) is 1. The van der Waals surface area contributed by atoms with E-state index < -0.39 is 0 Å². The lowest BCUT2D eigenvalue weighted by atomic mass is 10.1. The first-order valence-electron chi connectivity index (χ1n) is 9.12. The molecule has 0 fully saturated rings. The predicted molar refractivity (Wildman–Crippen MR) is 119 cm³/mol. The Balaban J connectivity index is 0.00000420. The summed E-state index contributed by atoms with van der Waals surface area (Å²) in [5.74, 6) is 0.0849. The molecule has 7 heteroatoms. The Kier molecular flexibility index (Phi) is 9.92. The van der Waals surface area contributed by atoms with Gasteiger partial charge in [-0.1, -0.05) is 36.9 Å². The highest BCUT2D eigenvalue weighted by Gasteiger charge is 2.19. The summed E-state index contributed by atoms with van der Waals surface area (Å²) in [5.41, 5.74) is 9.15. The van der Waals surface area contributed by atoms with E-state index in [0.29, 0.717) is 18.9 Å². The van der Waals surface area contributed by atoms with Crippen LogP contribution in [0.1, 0.15) is 16.7 Å². The van der Waals surface area contributed by atoms with Crippen molar-refractivity contribution in [1.82, 2.24) is 5.32 Å². The summed E-state index contributed by atoms with van der Waals surface area (Å²) in [6.07, 6.45) is 1.67. The van der Waals surface area contributed by atoms with Gasteiger partial charge < -0.3 is 20.7 Å². The predicted octanol–water partition coefficient (Wildman–Crippen LogP) is 2.90. The van der Waals surface area contributed by atoms with Gasteiger partial charge in [0.05, 0.1) is 19.6 Å². The van der Waals surface area contributed by atoms with Crippen LogP contribution in [-0.2, 0) is 16.1 Å². The van der Waals surface area contributed by atoms with Gasteiger partial charge in [0.25, 0.3) is 0 Å². The van der Waals surface area contributed by atoms with Gasteiger partial charge in [-0.15, -0.1) is 12.4 Å². The average Bonchev–Trinajstić information content (AvgIpc) is 2.71. The molecule has 29 heavy (non-hydrogen) atoms. The highest BCUT2D eigenvalue weighted by Crippen LogP contribution is 2.25. The Morgan fingerprint density at radius 3 is 2.55 bits per heavy atom. The molecule has 156 valence electrons. The first-order chi connectivity index (χ1) is 13.5. The van der Waals surface area contributed by atoms with Crippen LogP contribution < -0.4 is 20.7 Å². The van der Waals surface area contributed by atoms with E-state index in [1.807, 2.05) is 56.3 Å². The van der Waals surface area contributed by atoms with Crippen LogP contribution in [0, 0.1) is 13.8 Å². The number of halogens is 1. The third-order valence-electron chi connectivity index (χ3n) is 4.38. The standard InChI is InChI=1S/C22H27N3O3.ClH/c1-4-11-28-20-8-6-5-7-18(20)15-25(22(27)14-24-21(26)13-23)19-10-9-16(2)17(3)12-19;/h4-10,12H,1,11,13-15,23H2,2-3H3,(H,24,26);1H. The lowest BCUT2D eigenvalue weighted by Gasteiger charge is -2.25. The number of aryl methyl sites for hydroxylation is 2. The highest BCUT2D eigenvalue weighted by molar-refractivity contribution is 5.97. The molecule has 2 rings (SSSR count). The summed E-state index contributed by atoms with van der Waals surface area (Å²) in [7, 11) is 0. The molecule has 0 aromatic heterocycles. The van der Waals surface area contributed by atoms with Crippen molar-refractivity contribution in [2.75, 3.05) is 24.6 Å². The van der Waals surface area contributed by atoms with Gasteiger partial charge in [-0.3, -0.25) is 9.59 Å². The molecular formula is C22H28ClN3O3. The zero-order chi connectivity index (χ0) is 20.5. The van der Waals surface area contributed by atoms with E-state index in [0.717, 1.165) is 22.4 Å². The number of carbonyl (C=O) groups excluding carboxylic acids is 2. The Morgan fingerprint density at radius 1 is 1.17 bits per heavy atom. The SMILES string of the molecule is C=CCOc1ccccc1CN(C(=O)CNC(=O)CN)c1ccc(C)c(C)c1.Cl. The van der Waals surface area contributed by atoms with Crippen LogP contribution >= 0.6 is 12.4 Å². The summed E-state index contributed by atoms with van der Waals surface area (Å²) in [5, 5.41) is 2.54. The summed E-state index contributed by atoms with van der Waals surface area (Å²) >= 11 is 0. The molecule has 2 aromatic rings. The normalized spacial score (nSPS) is 9.90. The average molecular weight is 418 g/mol. The zero-order valence-corrected chi connectivity index (χ0v) is 17.6. The fourth-order valence-electron chi connectivity index (χ4n) is 2.65. The topological polar surface area (TPSA) is 84.7 Å². The van der Waals surface area contributed by atoms with Crippen molar-refractivity contribution in [3.05, 3.63) is 71.8 Å². The quantitative estimate of drug-likeness (QED) is 0.614. The first-order valence-corrected chi connectivity index (χ1v) is 9.12. The van der Waals surface area contributed by atoms with Gasteiger partial charge in [0, 0.05) is 11.3 Å². The Morgan fingerprint density at radius 2 is 1.90 bits per heavy atom. The van der Waals surface area contributed by atoms with Crippen molar-refractivity contribution in [3.63, 3.8) is 0 Å². The van der Waals surface area contributed by atoms with E-state index >= 15 is 0 Å². The number of anilines is 1. The maximum atomic E-state index is 12.9. The van der Waals surface area contributed by atoms with E-state index in [-0.39, 0.29) is 37.3 Å². The lowest BCUT2D eigenvalue weighted by molar-refractivity contribution is -0.124. The van der Waals surface area contributed by atoms with Crippen LogP contribution in [-0.4, -0.2) is 31.5 Å². The van der Waals surface area contributed by atoms with Gasteiger partial charge in [0.1, 0.15) is 12.4 Å². The second kappa shape index (κ2) is 11.9. The van der Waals surface area contributed by atoms with Crippen molar-refractivity contribution in [2.45, 2.75) is 20.4 Å². The molecule has 2 amide bonds. The molecule has 0 heterocycles. The van der Waals surface area contributed by atoms with Gasteiger partial charge in [0.15, 0.2) is 0 Å². The number of nitrogens with zero attached hydrogens (tertiary/aromatic N) is 1. The van der Waals surface area contributed by atoms with Gasteiger partial charge in [0.2, 0.25) is 11.8 Å². The van der Waals surface area contributed by atoms with Gasteiger partial charge >= 0.3 is 0 Å². The number of benzene rings is 2. The van der Waals surface area contributed by atoms with Crippen molar-refractivity contribution in [3.8, 4) is 5.75 Å². The molecule has 6 nitrogen and oxygen atoms in total. The molecule has 0 aliphatic heterocycles. The number of ether oxygens (including phenoxy) is 1. The second-order valence-electron chi connectivity index (χ2n) is 6.44. The Hall–Kier alpha value is -2.83. The molecule has 0 aliphatic rings. The molecule has 0 saturated heterocycles. The number of hydrogen-bond donors (Lipinski definition) is 2. The number of para-hydroxylation sites is 1. The Bertz CT molecular complexity index is 855. The van der Waals surface area contributed by atoms with Gasteiger partial charge in [-0.25, -0.2) is 0 Å². The smallest absolute Gasteiger partial charge is 0.246 e. The van der Waals surface area contributed by atoms with Crippen LogP contribution in [0.2, 0.25) is 0 Å². The maximum Gasteiger partial charge on any atom is 0.246 e. The number of amides is 2. The number of rotatable bonds is 9. The second-order valence-corrected chi connectivity index (χ2v) is 6.44. The molecule has 0 radical (unpaired) electrons. The van der Waals surface area contributed by atoms with E-state index in [9.17, 15) is 9.59 Å². The van der Waals surface area contributed by atoms with Crippen molar-refractivity contribution in [2.24, 2.45) is 5.73 Å². The molecule has 0 spiro atoms. The van der Waals surface area contributed by atoms with Crippen LogP contribution in [0.15, 0.2) is 55.1 Å². The van der Waals surface area contributed by atoms with Gasteiger partial charge in [-0.05, 0) is 43.2 Å². The van der Waals surface area contributed by atoms with E-state index in [1.165, 1.54) is 0 Å². The Labute approximate surface area is 178 Å². The summed E-state index contributed by atoms with van der Waals surface area (Å²) < 4.78 is 5.72. The summed E-state index contributed by atoms with van der Waals surface area (Å²) in [6, 6.07) is 13.4. The fraction of sp³-hybridized carbons (Fsp3) is 0.273. The van der Waals surface area contributed by atoms with E-state index in [2.05, 4.69) is 11.9 Å². The molecule has 0 aliphatic carbocycles. The molecule has 0 unspecified atom stereocenters. The summed E-state index contributed by atoms with van der Waals surface area (Å²) in [4.78, 5) is 26.0. The van der Waals surface area contributed by atoms with Crippen molar-refractivity contribution in [1.29, 1.82) is 0 Å². The molecule has 0 bridgehead atoms. The van der Waals surface area contributed by atoms with Crippen molar-refractivity contribution < 1.29 is 14.3 Å². The highest BCUT2D eigenvalue weighted by atomic mass is 35.5. The fourth-order valence-corrected chi connectivity index (χ4v) is 2.65. The number of nitrogens with two attached hydrogens (primary N) is 1.